The van der Waals surface area contributed by atoms with Crippen molar-refractivity contribution in [3.63, 3.8) is 0 Å². The maximum absolute atomic E-state index is 12.6. The first-order valence-electron chi connectivity index (χ1n) is 8.44. The van der Waals surface area contributed by atoms with Gasteiger partial charge < -0.3 is 10.1 Å². The molecule has 8 nitrogen and oxygen atoms in total. The van der Waals surface area contributed by atoms with E-state index in [2.05, 4.69) is 15.5 Å². The van der Waals surface area contributed by atoms with Crippen molar-refractivity contribution in [1.82, 2.24) is 14.5 Å². The molecule has 0 aliphatic carbocycles. The molecule has 0 spiro atoms. The summed E-state index contributed by atoms with van der Waals surface area (Å²) >= 11 is 0.625. The molecule has 2 aromatic rings. The maximum Gasteiger partial charge on any atom is 0.291 e. The third-order valence-corrected chi connectivity index (χ3v) is 6.80. The summed E-state index contributed by atoms with van der Waals surface area (Å²) in [5, 5.41) is 8.78. The lowest BCUT2D eigenvalue weighted by Crippen LogP contribution is -2.40. The average Bonchev–Trinajstić information content (AvgIpc) is 3.16. The van der Waals surface area contributed by atoms with Gasteiger partial charge in [-0.1, -0.05) is 23.5 Å². The number of rotatable bonds is 7. The molecular weight excluding hydrogens is 414 g/mol. The Morgan fingerprint density at radius 3 is 2.50 bits per heavy atom. The zero-order chi connectivity index (χ0) is 20.1. The normalized spacial score (nSPS) is 15.7. The molecule has 152 valence electrons. The number of nitrogens with zero attached hydrogens (tertiary/aromatic N) is 3. The molecular formula is C16H18F2N4O4S2. The van der Waals surface area contributed by atoms with Gasteiger partial charge in [-0.15, -0.1) is 10.2 Å². The molecule has 1 saturated heterocycles. The number of benzene rings is 1. The lowest BCUT2D eigenvalue weighted by molar-refractivity contribution is -0.116. The lowest BCUT2D eigenvalue weighted by atomic mass is 10.1. The average molecular weight is 432 g/mol. The summed E-state index contributed by atoms with van der Waals surface area (Å²) in [6.45, 7) is 1.39. The van der Waals surface area contributed by atoms with Crippen molar-refractivity contribution >= 4 is 32.4 Å². The fourth-order valence-electron chi connectivity index (χ4n) is 2.58. The Bertz CT molecular complexity index is 913. The van der Waals surface area contributed by atoms with E-state index in [9.17, 15) is 22.0 Å². The van der Waals surface area contributed by atoms with Crippen molar-refractivity contribution in [1.29, 1.82) is 0 Å². The van der Waals surface area contributed by atoms with Gasteiger partial charge in [-0.25, -0.2) is 17.2 Å². The minimum Gasteiger partial charge on any atom is -0.379 e. The smallest absolute Gasteiger partial charge is 0.291 e. The summed E-state index contributed by atoms with van der Waals surface area (Å²) in [5.74, 6) is -0.387. The third kappa shape index (κ3) is 5.07. The van der Waals surface area contributed by atoms with Crippen molar-refractivity contribution < 1.29 is 26.7 Å². The van der Waals surface area contributed by atoms with E-state index in [1.807, 2.05) is 0 Å². The predicted octanol–water partition coefficient (Wildman–Crippen LogP) is 2.07. The van der Waals surface area contributed by atoms with Gasteiger partial charge in [-0.3, -0.25) is 4.79 Å². The first-order chi connectivity index (χ1) is 13.4. The minimum absolute atomic E-state index is 0.0206. The Kier molecular flexibility index (Phi) is 6.65. The van der Waals surface area contributed by atoms with E-state index in [1.165, 1.54) is 16.4 Å². The van der Waals surface area contributed by atoms with Crippen LogP contribution in [0.25, 0.3) is 0 Å². The Labute approximate surface area is 164 Å². The largest absolute Gasteiger partial charge is 0.379 e. The van der Waals surface area contributed by atoms with Crippen LogP contribution < -0.4 is 5.32 Å². The number of morpholine rings is 1. The molecule has 0 saturated carbocycles. The van der Waals surface area contributed by atoms with E-state index in [0.29, 0.717) is 44.1 Å². The molecule has 28 heavy (non-hydrogen) atoms. The topological polar surface area (TPSA) is 101 Å². The fourth-order valence-corrected chi connectivity index (χ4v) is 4.60. The molecule has 0 unspecified atom stereocenters. The number of amides is 1. The number of ether oxygens (including phenoxy) is 1. The van der Waals surface area contributed by atoms with Gasteiger partial charge in [0.2, 0.25) is 21.1 Å². The molecule has 3 rings (SSSR count). The summed E-state index contributed by atoms with van der Waals surface area (Å²) < 4.78 is 56.6. The fraction of sp³-hybridized carbons (Fsp3) is 0.438. The van der Waals surface area contributed by atoms with Crippen molar-refractivity contribution in [3.8, 4) is 0 Å². The number of anilines is 1. The standard InChI is InChI=1S/C16H18F2N4O4S2/c17-14(18)15-20-21-16(27-15)19-13(23)6-3-11-1-4-12(5-2-11)28(24,25)22-7-9-26-10-8-22/h1-2,4-5,14H,3,6-10H2,(H,19,21,23). The highest BCUT2D eigenvalue weighted by molar-refractivity contribution is 7.89. The van der Waals surface area contributed by atoms with Crippen LogP contribution in [0.1, 0.15) is 23.4 Å². The molecule has 1 aliphatic heterocycles. The van der Waals surface area contributed by atoms with Crippen molar-refractivity contribution in [2.45, 2.75) is 24.2 Å². The van der Waals surface area contributed by atoms with Gasteiger partial charge in [0.1, 0.15) is 0 Å². The Morgan fingerprint density at radius 1 is 1.21 bits per heavy atom. The predicted molar refractivity (Wildman–Crippen MR) is 97.8 cm³/mol. The molecule has 12 heteroatoms. The van der Waals surface area contributed by atoms with Gasteiger partial charge in [0.05, 0.1) is 18.1 Å². The number of sulfonamides is 1. The zero-order valence-electron chi connectivity index (χ0n) is 14.7. The first-order valence-corrected chi connectivity index (χ1v) is 10.7. The van der Waals surface area contributed by atoms with E-state index < -0.39 is 21.5 Å². The summed E-state index contributed by atoms with van der Waals surface area (Å²) in [6, 6.07) is 6.33. The van der Waals surface area contributed by atoms with Crippen LogP contribution in [0.4, 0.5) is 13.9 Å². The number of carbonyl (C=O) groups is 1. The van der Waals surface area contributed by atoms with E-state index in [4.69, 9.17) is 4.74 Å². The van der Waals surface area contributed by atoms with Crippen LogP contribution in [0, 0.1) is 0 Å². The van der Waals surface area contributed by atoms with Crippen LogP contribution >= 0.6 is 11.3 Å². The number of hydrogen-bond donors (Lipinski definition) is 1. The Balaban J connectivity index is 1.54. The number of aryl methyl sites for hydroxylation is 1. The van der Waals surface area contributed by atoms with E-state index in [1.54, 1.807) is 12.1 Å². The van der Waals surface area contributed by atoms with Gasteiger partial charge in [0.25, 0.3) is 6.43 Å². The number of nitrogens with one attached hydrogen (secondary N) is 1. The van der Waals surface area contributed by atoms with Gasteiger partial charge >= 0.3 is 0 Å². The highest BCUT2D eigenvalue weighted by Gasteiger charge is 2.26. The van der Waals surface area contributed by atoms with Crippen LogP contribution in [-0.2, 0) is 26.0 Å². The van der Waals surface area contributed by atoms with Gasteiger partial charge in [-0.2, -0.15) is 4.31 Å². The highest BCUT2D eigenvalue weighted by atomic mass is 32.2. The SMILES string of the molecule is O=C(CCc1ccc(S(=O)(=O)N2CCOCC2)cc1)Nc1nnc(C(F)F)s1. The molecule has 0 bridgehead atoms. The molecule has 0 atom stereocenters. The third-order valence-electron chi connectivity index (χ3n) is 4.05. The molecule has 1 aromatic heterocycles. The Morgan fingerprint density at radius 2 is 1.89 bits per heavy atom. The second-order valence-electron chi connectivity index (χ2n) is 5.95. The molecule has 1 amide bonds. The molecule has 1 fully saturated rings. The minimum atomic E-state index is -3.56. The molecule has 1 N–H and O–H groups in total. The number of halogens is 2. The van der Waals surface area contributed by atoms with Crippen LogP contribution in [0.2, 0.25) is 0 Å². The lowest BCUT2D eigenvalue weighted by Gasteiger charge is -2.26. The summed E-state index contributed by atoms with van der Waals surface area (Å²) in [7, 11) is -3.56. The molecule has 1 aliphatic rings. The van der Waals surface area contributed by atoms with Crippen molar-refractivity contribution in [2.75, 3.05) is 31.6 Å². The monoisotopic (exact) mass is 432 g/mol. The van der Waals surface area contributed by atoms with Crippen molar-refractivity contribution in [3.05, 3.63) is 34.8 Å². The molecule has 1 aromatic carbocycles. The summed E-state index contributed by atoms with van der Waals surface area (Å²) in [5.41, 5.74) is 0.779. The van der Waals surface area contributed by atoms with Gasteiger partial charge in [0.15, 0.2) is 5.01 Å². The second kappa shape index (κ2) is 8.99. The number of hydrogen-bond acceptors (Lipinski definition) is 7. The Hall–Kier alpha value is -2.02. The number of carbonyl (C=O) groups excluding carboxylic acids is 1. The number of aromatic nitrogens is 2. The van der Waals surface area contributed by atoms with E-state index in [-0.39, 0.29) is 22.4 Å². The zero-order valence-corrected chi connectivity index (χ0v) is 16.3. The van der Waals surface area contributed by atoms with Gasteiger partial charge in [-0.05, 0) is 24.1 Å². The van der Waals surface area contributed by atoms with Crippen LogP contribution in [0.5, 0.6) is 0 Å². The van der Waals surface area contributed by atoms with Crippen LogP contribution in [-0.4, -0.2) is 55.1 Å². The van der Waals surface area contributed by atoms with E-state index >= 15 is 0 Å². The maximum atomic E-state index is 12.6. The number of alkyl halides is 2. The summed E-state index contributed by atoms with van der Waals surface area (Å²) in [4.78, 5) is 12.1. The van der Waals surface area contributed by atoms with Crippen LogP contribution in [0.15, 0.2) is 29.2 Å². The quantitative estimate of drug-likeness (QED) is 0.719. The molecule has 0 radical (unpaired) electrons. The second-order valence-corrected chi connectivity index (χ2v) is 8.90. The molecule has 2 heterocycles. The highest BCUT2D eigenvalue weighted by Crippen LogP contribution is 2.25. The van der Waals surface area contributed by atoms with Gasteiger partial charge in [0, 0.05) is 19.5 Å². The summed E-state index contributed by atoms with van der Waals surface area (Å²) in [6.07, 6.45) is -2.26. The van der Waals surface area contributed by atoms with Crippen molar-refractivity contribution in [2.24, 2.45) is 0 Å². The van der Waals surface area contributed by atoms with Crippen LogP contribution in [0.3, 0.4) is 0 Å². The van der Waals surface area contributed by atoms with E-state index in [0.717, 1.165) is 5.56 Å². The first kappa shape index (κ1) is 20.7.